The molecule has 1 heterocycles. The Bertz CT molecular complexity index is 554. The summed E-state index contributed by atoms with van der Waals surface area (Å²) in [4.78, 5) is 0.546. The van der Waals surface area contributed by atoms with Crippen LogP contribution in [0.2, 0.25) is 0 Å². The van der Waals surface area contributed by atoms with Crippen LogP contribution < -0.4 is 0 Å². The lowest BCUT2D eigenvalue weighted by molar-refractivity contribution is 0.583. The van der Waals surface area contributed by atoms with Crippen LogP contribution in [-0.4, -0.2) is 0 Å². The summed E-state index contributed by atoms with van der Waals surface area (Å²) in [5.74, 6) is -0.918. The van der Waals surface area contributed by atoms with Gasteiger partial charge in [-0.25, -0.2) is 8.78 Å². The first-order valence-corrected chi connectivity index (χ1v) is 7.90. The molecule has 6 heteroatoms. The zero-order valence-electron chi connectivity index (χ0n) is 8.18. The number of rotatable bonds is 2. The number of thiophene rings is 1. The standard InChI is InChI=1S/C11H5Br3F2S/c12-6-1-2-17-11(6)10(14)5-3-9(16)7(13)4-8(5)15/h1-4,10H. The van der Waals surface area contributed by atoms with Crippen molar-refractivity contribution in [2.45, 2.75) is 4.83 Å². The number of halogens is 5. The monoisotopic (exact) mass is 444 g/mol. The van der Waals surface area contributed by atoms with Gasteiger partial charge < -0.3 is 0 Å². The second kappa shape index (κ2) is 5.47. The fraction of sp³-hybridized carbons (Fsp3) is 0.0909. The Morgan fingerprint density at radius 1 is 1.06 bits per heavy atom. The molecule has 0 aliphatic heterocycles. The first-order valence-electron chi connectivity index (χ1n) is 4.52. The number of hydrogen-bond donors (Lipinski definition) is 0. The summed E-state index contributed by atoms with van der Waals surface area (Å²) in [6.07, 6.45) is 0. The van der Waals surface area contributed by atoms with Crippen molar-refractivity contribution < 1.29 is 8.78 Å². The molecule has 1 atom stereocenters. The quantitative estimate of drug-likeness (QED) is 0.390. The number of benzene rings is 1. The molecule has 0 bridgehead atoms. The average Bonchev–Trinajstić information content (AvgIpc) is 2.69. The van der Waals surface area contributed by atoms with Gasteiger partial charge in [-0.1, -0.05) is 15.9 Å². The fourth-order valence-corrected chi connectivity index (χ4v) is 4.50. The van der Waals surface area contributed by atoms with Gasteiger partial charge in [0, 0.05) is 14.9 Å². The molecular weight excluding hydrogens is 442 g/mol. The van der Waals surface area contributed by atoms with Gasteiger partial charge in [0.25, 0.3) is 0 Å². The lowest BCUT2D eigenvalue weighted by Gasteiger charge is -2.11. The van der Waals surface area contributed by atoms with E-state index >= 15 is 0 Å². The van der Waals surface area contributed by atoms with Crippen molar-refractivity contribution in [1.29, 1.82) is 0 Å². The van der Waals surface area contributed by atoms with Gasteiger partial charge in [-0.3, -0.25) is 0 Å². The molecule has 0 spiro atoms. The maximum Gasteiger partial charge on any atom is 0.137 e. The second-order valence-corrected chi connectivity index (χ2v) is 6.86. The zero-order valence-corrected chi connectivity index (χ0v) is 13.8. The van der Waals surface area contributed by atoms with Crippen molar-refractivity contribution in [3.63, 3.8) is 0 Å². The van der Waals surface area contributed by atoms with Gasteiger partial charge in [0.05, 0.1) is 9.30 Å². The predicted molar refractivity (Wildman–Crippen MR) is 76.8 cm³/mol. The van der Waals surface area contributed by atoms with Gasteiger partial charge in [-0.15, -0.1) is 11.3 Å². The minimum absolute atomic E-state index is 0.128. The van der Waals surface area contributed by atoms with E-state index in [1.165, 1.54) is 17.4 Å². The lowest BCUT2D eigenvalue weighted by atomic mass is 10.1. The fourth-order valence-electron chi connectivity index (χ4n) is 1.36. The van der Waals surface area contributed by atoms with E-state index in [9.17, 15) is 8.78 Å². The molecule has 0 amide bonds. The highest BCUT2D eigenvalue weighted by atomic mass is 79.9. The van der Waals surface area contributed by atoms with Crippen LogP contribution in [0.3, 0.4) is 0 Å². The molecule has 17 heavy (non-hydrogen) atoms. The number of alkyl halides is 1. The highest BCUT2D eigenvalue weighted by Gasteiger charge is 2.20. The SMILES string of the molecule is Fc1cc(C(Br)c2sccc2Br)c(F)cc1Br. The second-order valence-electron chi connectivity index (χ2n) is 3.28. The number of hydrogen-bond acceptors (Lipinski definition) is 1. The molecule has 0 radical (unpaired) electrons. The molecule has 2 rings (SSSR count). The third kappa shape index (κ3) is 2.80. The molecular formula is C11H5Br3F2S. The third-order valence-electron chi connectivity index (χ3n) is 2.19. The van der Waals surface area contributed by atoms with Crippen LogP contribution in [0.5, 0.6) is 0 Å². The van der Waals surface area contributed by atoms with Crippen molar-refractivity contribution in [3.8, 4) is 0 Å². The van der Waals surface area contributed by atoms with Crippen LogP contribution in [0.1, 0.15) is 15.3 Å². The molecule has 90 valence electrons. The van der Waals surface area contributed by atoms with Crippen LogP contribution in [0.25, 0.3) is 0 Å². The van der Waals surface area contributed by atoms with Gasteiger partial charge in [0.1, 0.15) is 11.6 Å². The van der Waals surface area contributed by atoms with Crippen LogP contribution in [0.4, 0.5) is 8.78 Å². The normalized spacial score (nSPS) is 12.8. The van der Waals surface area contributed by atoms with E-state index in [1.807, 2.05) is 11.4 Å². The predicted octanol–water partition coefficient (Wildman–Crippen LogP) is 6.04. The minimum atomic E-state index is -0.474. The topological polar surface area (TPSA) is 0 Å². The average molecular weight is 447 g/mol. The van der Waals surface area contributed by atoms with E-state index in [-0.39, 0.29) is 14.9 Å². The van der Waals surface area contributed by atoms with Gasteiger partial charge in [-0.2, -0.15) is 0 Å². The van der Waals surface area contributed by atoms with Crippen LogP contribution in [-0.2, 0) is 0 Å². The summed E-state index contributed by atoms with van der Waals surface area (Å²) in [6, 6.07) is 4.22. The largest absolute Gasteiger partial charge is 0.207 e. The maximum atomic E-state index is 13.8. The Morgan fingerprint density at radius 3 is 2.35 bits per heavy atom. The highest BCUT2D eigenvalue weighted by molar-refractivity contribution is 9.11. The molecule has 0 saturated heterocycles. The van der Waals surface area contributed by atoms with E-state index in [2.05, 4.69) is 47.8 Å². The summed E-state index contributed by atoms with van der Waals surface area (Å²) in [5.41, 5.74) is 0.286. The van der Waals surface area contributed by atoms with Crippen molar-refractivity contribution in [2.75, 3.05) is 0 Å². The van der Waals surface area contributed by atoms with E-state index in [0.717, 1.165) is 15.4 Å². The Balaban J connectivity index is 2.48. The van der Waals surface area contributed by atoms with Crippen LogP contribution >= 0.6 is 59.1 Å². The minimum Gasteiger partial charge on any atom is -0.207 e. The lowest BCUT2D eigenvalue weighted by Crippen LogP contribution is -1.97. The molecule has 0 aliphatic carbocycles. The van der Waals surface area contributed by atoms with E-state index in [0.29, 0.717) is 0 Å². The molecule has 2 aromatic rings. The third-order valence-corrected chi connectivity index (χ3v) is 5.99. The maximum absolute atomic E-state index is 13.8. The van der Waals surface area contributed by atoms with Crippen LogP contribution in [0, 0.1) is 11.6 Å². The summed E-state index contributed by atoms with van der Waals surface area (Å²) in [6.45, 7) is 0. The Kier molecular flexibility index (Phi) is 4.39. The van der Waals surface area contributed by atoms with Crippen LogP contribution in [0.15, 0.2) is 32.5 Å². The molecule has 0 aliphatic rings. The summed E-state index contributed by atoms with van der Waals surface area (Å²) in [7, 11) is 0. The van der Waals surface area contributed by atoms with Crippen molar-refractivity contribution in [1.82, 2.24) is 0 Å². The smallest absolute Gasteiger partial charge is 0.137 e. The van der Waals surface area contributed by atoms with E-state index < -0.39 is 11.6 Å². The summed E-state index contributed by atoms with van der Waals surface area (Å²) in [5, 5.41) is 1.89. The summed E-state index contributed by atoms with van der Waals surface area (Å²) < 4.78 is 28.2. The Labute approximate surface area is 126 Å². The van der Waals surface area contributed by atoms with Gasteiger partial charge in [0.15, 0.2) is 0 Å². The molecule has 1 unspecified atom stereocenters. The van der Waals surface area contributed by atoms with Gasteiger partial charge in [-0.05, 0) is 55.4 Å². The highest BCUT2D eigenvalue weighted by Crippen LogP contribution is 2.40. The molecule has 0 saturated carbocycles. The van der Waals surface area contributed by atoms with E-state index in [1.54, 1.807) is 0 Å². The molecule has 1 aromatic heterocycles. The first kappa shape index (κ1) is 13.6. The molecule has 0 fully saturated rings. The molecule has 0 N–H and O–H groups in total. The molecule has 1 aromatic carbocycles. The molecule has 0 nitrogen and oxygen atoms in total. The van der Waals surface area contributed by atoms with Gasteiger partial charge in [0.2, 0.25) is 0 Å². The van der Waals surface area contributed by atoms with Crippen molar-refractivity contribution in [2.24, 2.45) is 0 Å². The van der Waals surface area contributed by atoms with Crippen molar-refractivity contribution in [3.05, 3.63) is 54.6 Å². The van der Waals surface area contributed by atoms with Crippen molar-refractivity contribution >= 4 is 59.1 Å². The Morgan fingerprint density at radius 2 is 1.76 bits per heavy atom. The Hall–Kier alpha value is 0.220. The van der Waals surface area contributed by atoms with E-state index in [4.69, 9.17) is 0 Å². The zero-order chi connectivity index (χ0) is 12.6. The van der Waals surface area contributed by atoms with Gasteiger partial charge >= 0.3 is 0 Å². The first-order chi connectivity index (χ1) is 8.00. The summed E-state index contributed by atoms with van der Waals surface area (Å²) >= 11 is 11.2.